The first-order chi connectivity index (χ1) is 8.24. The Morgan fingerprint density at radius 1 is 1.35 bits per heavy atom. The topological polar surface area (TPSA) is 29.5 Å². The van der Waals surface area contributed by atoms with Gasteiger partial charge in [-0.2, -0.15) is 0 Å². The number of nitrogens with zero attached hydrogens (tertiary/aromatic N) is 1. The van der Waals surface area contributed by atoms with E-state index in [0.29, 0.717) is 6.42 Å². The molecule has 17 heavy (non-hydrogen) atoms. The molecule has 0 unspecified atom stereocenters. The van der Waals surface area contributed by atoms with Gasteiger partial charge in [0.25, 0.3) is 0 Å². The Kier molecular flexibility index (Phi) is 6.63. The van der Waals surface area contributed by atoms with E-state index in [1.165, 1.54) is 0 Å². The second kappa shape index (κ2) is 7.75. The predicted molar refractivity (Wildman–Crippen MR) is 73.2 cm³/mol. The molecule has 3 nitrogen and oxygen atoms in total. The number of ketones is 1. The normalized spacial score (nSPS) is 16.3. The van der Waals surface area contributed by atoms with E-state index in [1.54, 1.807) is 7.11 Å². The molecule has 4 heteroatoms. The summed E-state index contributed by atoms with van der Waals surface area (Å²) in [6.07, 6.45) is 4.58. The molecule has 0 atom stereocenters. The van der Waals surface area contributed by atoms with Gasteiger partial charge >= 0.3 is 0 Å². The summed E-state index contributed by atoms with van der Waals surface area (Å²) in [7, 11) is 1.67. The fourth-order valence-electron chi connectivity index (χ4n) is 2.21. The summed E-state index contributed by atoms with van der Waals surface area (Å²) in [5.74, 6) is 1.13. The zero-order valence-corrected chi connectivity index (χ0v) is 12.4. The maximum absolute atomic E-state index is 12.1. The van der Waals surface area contributed by atoms with Gasteiger partial charge in [-0.15, -0.1) is 0 Å². The Morgan fingerprint density at radius 3 is 2.71 bits per heavy atom. The number of ether oxygens (including phenoxy) is 1. The minimum atomic E-state index is 0.246. The van der Waals surface area contributed by atoms with E-state index in [1.807, 2.05) is 0 Å². The SMILES string of the molecule is CCCN(CCCBr)C1=C(OC)CCCC1=O. The summed E-state index contributed by atoms with van der Waals surface area (Å²) in [6, 6.07) is 0. The molecule has 0 aliphatic heterocycles. The number of hydrogen-bond donors (Lipinski definition) is 0. The van der Waals surface area contributed by atoms with Crippen LogP contribution in [0.4, 0.5) is 0 Å². The average Bonchev–Trinajstić information content (AvgIpc) is 2.34. The van der Waals surface area contributed by atoms with Gasteiger partial charge in [0.05, 0.1) is 7.11 Å². The molecule has 0 radical (unpaired) electrons. The van der Waals surface area contributed by atoms with Crippen LogP contribution in [0, 0.1) is 0 Å². The Hall–Kier alpha value is -0.510. The molecule has 0 fully saturated rings. The van der Waals surface area contributed by atoms with E-state index in [-0.39, 0.29) is 5.78 Å². The average molecular weight is 304 g/mol. The molecule has 0 saturated carbocycles. The Balaban J connectivity index is 2.86. The van der Waals surface area contributed by atoms with Crippen LogP contribution in [0.5, 0.6) is 0 Å². The van der Waals surface area contributed by atoms with Gasteiger partial charge in [-0.05, 0) is 19.3 Å². The van der Waals surface area contributed by atoms with Crippen molar-refractivity contribution in [1.29, 1.82) is 0 Å². The second-order valence-corrected chi connectivity index (χ2v) is 5.08. The lowest BCUT2D eigenvalue weighted by molar-refractivity contribution is -0.118. The molecule has 0 aromatic heterocycles. The smallest absolute Gasteiger partial charge is 0.182 e. The lowest BCUT2D eigenvalue weighted by atomic mass is 10.00. The Morgan fingerprint density at radius 2 is 2.12 bits per heavy atom. The van der Waals surface area contributed by atoms with Gasteiger partial charge in [0.15, 0.2) is 5.78 Å². The van der Waals surface area contributed by atoms with Gasteiger partial charge in [-0.25, -0.2) is 0 Å². The maximum Gasteiger partial charge on any atom is 0.182 e. The minimum absolute atomic E-state index is 0.246. The van der Waals surface area contributed by atoms with Gasteiger partial charge in [0, 0.05) is 31.3 Å². The van der Waals surface area contributed by atoms with E-state index < -0.39 is 0 Å². The lowest BCUT2D eigenvalue weighted by Crippen LogP contribution is -2.33. The molecule has 0 aromatic carbocycles. The van der Waals surface area contributed by atoms with Crippen molar-refractivity contribution in [2.45, 2.75) is 39.0 Å². The second-order valence-electron chi connectivity index (χ2n) is 4.28. The summed E-state index contributed by atoms with van der Waals surface area (Å²) in [4.78, 5) is 14.2. The van der Waals surface area contributed by atoms with Gasteiger partial charge in [0.2, 0.25) is 0 Å². The molecule has 0 aromatic rings. The lowest BCUT2D eigenvalue weighted by Gasteiger charge is -2.30. The summed E-state index contributed by atoms with van der Waals surface area (Å²) < 4.78 is 5.39. The molecule has 0 bridgehead atoms. The Labute approximate surface area is 112 Å². The number of allylic oxidation sites excluding steroid dienone is 2. The van der Waals surface area contributed by atoms with Crippen molar-refractivity contribution in [3.05, 3.63) is 11.5 Å². The van der Waals surface area contributed by atoms with Crippen LogP contribution in [-0.2, 0) is 9.53 Å². The summed E-state index contributed by atoms with van der Waals surface area (Å²) in [5.41, 5.74) is 0.835. The van der Waals surface area contributed by atoms with Gasteiger partial charge in [0.1, 0.15) is 11.5 Å². The molecule has 1 rings (SSSR count). The van der Waals surface area contributed by atoms with Crippen LogP contribution in [0.2, 0.25) is 0 Å². The molecule has 0 saturated heterocycles. The zero-order chi connectivity index (χ0) is 12.7. The highest BCUT2D eigenvalue weighted by Gasteiger charge is 2.25. The third-order valence-electron chi connectivity index (χ3n) is 2.95. The van der Waals surface area contributed by atoms with Crippen molar-refractivity contribution in [1.82, 2.24) is 4.90 Å². The zero-order valence-electron chi connectivity index (χ0n) is 10.8. The summed E-state index contributed by atoms with van der Waals surface area (Å²) in [6.45, 7) is 4.00. The minimum Gasteiger partial charge on any atom is -0.499 e. The molecule has 0 N–H and O–H groups in total. The molecule has 0 spiro atoms. The van der Waals surface area contributed by atoms with E-state index >= 15 is 0 Å². The van der Waals surface area contributed by atoms with Crippen molar-refractivity contribution in [3.8, 4) is 0 Å². The molecule has 1 aliphatic carbocycles. The number of methoxy groups -OCH3 is 1. The van der Waals surface area contributed by atoms with Crippen molar-refractivity contribution in [2.24, 2.45) is 0 Å². The van der Waals surface area contributed by atoms with E-state index in [9.17, 15) is 4.79 Å². The van der Waals surface area contributed by atoms with E-state index in [2.05, 4.69) is 27.8 Å². The van der Waals surface area contributed by atoms with Crippen LogP contribution in [0.15, 0.2) is 11.5 Å². The molecular weight excluding hydrogens is 282 g/mol. The fourth-order valence-corrected chi connectivity index (χ4v) is 2.46. The van der Waals surface area contributed by atoms with Crippen molar-refractivity contribution < 1.29 is 9.53 Å². The largest absolute Gasteiger partial charge is 0.499 e. The number of carbonyl (C=O) groups excluding carboxylic acids is 1. The number of carbonyl (C=O) groups is 1. The van der Waals surface area contributed by atoms with Crippen LogP contribution >= 0.6 is 15.9 Å². The first-order valence-corrected chi connectivity index (χ1v) is 7.48. The van der Waals surface area contributed by atoms with Gasteiger partial charge < -0.3 is 9.64 Å². The number of Topliss-reactive ketones (excluding diaryl/α,β-unsaturated/α-hetero) is 1. The first-order valence-electron chi connectivity index (χ1n) is 6.35. The van der Waals surface area contributed by atoms with E-state index in [0.717, 1.165) is 55.6 Å². The highest BCUT2D eigenvalue weighted by atomic mass is 79.9. The van der Waals surface area contributed by atoms with Crippen LogP contribution < -0.4 is 0 Å². The molecule has 0 heterocycles. The number of alkyl halides is 1. The van der Waals surface area contributed by atoms with Crippen LogP contribution in [-0.4, -0.2) is 36.2 Å². The molecule has 1 aliphatic rings. The highest BCUT2D eigenvalue weighted by Crippen LogP contribution is 2.25. The first kappa shape index (κ1) is 14.6. The number of hydrogen-bond acceptors (Lipinski definition) is 3. The van der Waals surface area contributed by atoms with Crippen LogP contribution in [0.25, 0.3) is 0 Å². The third kappa shape index (κ3) is 4.02. The van der Waals surface area contributed by atoms with Gasteiger partial charge in [-0.1, -0.05) is 22.9 Å². The molecule has 0 amide bonds. The number of rotatable bonds is 7. The standard InChI is InChI=1S/C13H22BrNO2/c1-3-9-15(10-5-8-14)13-11(16)6-4-7-12(13)17-2/h3-10H2,1-2H3. The van der Waals surface area contributed by atoms with Crippen molar-refractivity contribution in [2.75, 3.05) is 25.5 Å². The summed E-state index contributed by atoms with van der Waals surface area (Å²) >= 11 is 3.44. The van der Waals surface area contributed by atoms with Crippen LogP contribution in [0.3, 0.4) is 0 Å². The third-order valence-corrected chi connectivity index (χ3v) is 3.51. The molecular formula is C13H22BrNO2. The van der Waals surface area contributed by atoms with Gasteiger partial charge in [-0.3, -0.25) is 4.79 Å². The van der Waals surface area contributed by atoms with Crippen molar-refractivity contribution in [3.63, 3.8) is 0 Å². The monoisotopic (exact) mass is 303 g/mol. The quantitative estimate of drug-likeness (QED) is 0.677. The highest BCUT2D eigenvalue weighted by molar-refractivity contribution is 9.09. The van der Waals surface area contributed by atoms with Crippen molar-refractivity contribution >= 4 is 21.7 Å². The fraction of sp³-hybridized carbons (Fsp3) is 0.769. The Bertz CT molecular complexity index is 289. The van der Waals surface area contributed by atoms with Crippen LogP contribution in [0.1, 0.15) is 39.0 Å². The van der Waals surface area contributed by atoms with E-state index in [4.69, 9.17) is 4.74 Å². The maximum atomic E-state index is 12.1. The number of halogens is 1. The molecule has 98 valence electrons. The summed E-state index contributed by atoms with van der Waals surface area (Å²) in [5, 5.41) is 0.969. The predicted octanol–water partition coefficient (Wildman–Crippen LogP) is 3.09.